The van der Waals surface area contributed by atoms with Crippen molar-refractivity contribution in [2.24, 2.45) is 0 Å². The summed E-state index contributed by atoms with van der Waals surface area (Å²) in [6, 6.07) is 1.53. The quantitative estimate of drug-likeness (QED) is 0.766. The molecule has 1 aliphatic rings. The van der Waals surface area contributed by atoms with Gasteiger partial charge in [-0.3, -0.25) is 0 Å². The van der Waals surface area contributed by atoms with Crippen LogP contribution in [0.15, 0.2) is 12.4 Å². The molecule has 1 fully saturated rings. The summed E-state index contributed by atoms with van der Waals surface area (Å²) >= 11 is 0. The zero-order valence-electron chi connectivity index (χ0n) is 12.0. The Kier molecular flexibility index (Phi) is 5.15. The highest BCUT2D eigenvalue weighted by Crippen LogP contribution is 2.25. The first-order valence-electron chi connectivity index (χ1n) is 7.05. The van der Waals surface area contributed by atoms with E-state index in [1.54, 1.807) is 6.07 Å². The van der Waals surface area contributed by atoms with E-state index >= 15 is 0 Å². The van der Waals surface area contributed by atoms with Crippen LogP contribution in [-0.4, -0.2) is 42.2 Å². The molecule has 20 heavy (non-hydrogen) atoms. The molecular weight excluding hydrogens is 258 g/mol. The topological polar surface area (TPSA) is 64.5 Å². The minimum atomic E-state index is -0.261. The summed E-state index contributed by atoms with van der Waals surface area (Å²) < 4.78 is 10.4. The largest absolute Gasteiger partial charge is 0.478 e. The van der Waals surface area contributed by atoms with Crippen molar-refractivity contribution in [2.75, 3.05) is 25.2 Å². The number of nitrogens with zero attached hydrogens (tertiary/aromatic N) is 3. The number of aromatic nitrogens is 2. The molecule has 6 nitrogen and oxygen atoms in total. The number of piperidine rings is 1. The standard InChI is InChI=1S/C14H21N3O3/c1-3-8-20-13-9-12(15-10-16-13)17-7-5-4-6-11(17)14(18)19-2/h9-11H,3-8H2,1-2H3. The molecule has 6 heteroatoms. The molecule has 0 aromatic carbocycles. The van der Waals surface area contributed by atoms with Gasteiger partial charge in [-0.25, -0.2) is 14.8 Å². The molecule has 1 aromatic rings. The van der Waals surface area contributed by atoms with E-state index in [-0.39, 0.29) is 12.0 Å². The van der Waals surface area contributed by atoms with Crippen molar-refractivity contribution in [1.29, 1.82) is 0 Å². The summed E-state index contributed by atoms with van der Waals surface area (Å²) in [6.07, 6.45) is 5.27. The third-order valence-electron chi connectivity index (χ3n) is 3.35. The van der Waals surface area contributed by atoms with Gasteiger partial charge in [0, 0.05) is 12.6 Å². The van der Waals surface area contributed by atoms with E-state index in [1.165, 1.54) is 13.4 Å². The molecule has 0 spiro atoms. The third-order valence-corrected chi connectivity index (χ3v) is 3.35. The van der Waals surface area contributed by atoms with Crippen molar-refractivity contribution in [1.82, 2.24) is 9.97 Å². The van der Waals surface area contributed by atoms with Gasteiger partial charge in [0.25, 0.3) is 0 Å². The van der Waals surface area contributed by atoms with Crippen molar-refractivity contribution >= 4 is 11.8 Å². The van der Waals surface area contributed by atoms with Crippen LogP contribution < -0.4 is 9.64 Å². The first-order chi connectivity index (χ1) is 9.76. The maximum absolute atomic E-state index is 11.9. The molecular formula is C14H21N3O3. The zero-order chi connectivity index (χ0) is 14.4. The van der Waals surface area contributed by atoms with Gasteiger partial charge in [0.15, 0.2) is 0 Å². The summed E-state index contributed by atoms with van der Waals surface area (Å²) in [7, 11) is 1.42. The average Bonchev–Trinajstić information content (AvgIpc) is 2.52. The van der Waals surface area contributed by atoms with Crippen LogP contribution in [0.3, 0.4) is 0 Å². The lowest BCUT2D eigenvalue weighted by molar-refractivity contribution is -0.142. The molecule has 110 valence electrons. The lowest BCUT2D eigenvalue weighted by atomic mass is 10.0. The van der Waals surface area contributed by atoms with E-state index in [9.17, 15) is 4.79 Å². The van der Waals surface area contributed by atoms with Crippen molar-refractivity contribution in [3.8, 4) is 5.88 Å². The summed E-state index contributed by atoms with van der Waals surface area (Å²) in [6.45, 7) is 3.46. The highest BCUT2D eigenvalue weighted by molar-refractivity contribution is 5.79. The second kappa shape index (κ2) is 7.07. The molecule has 1 aromatic heterocycles. The van der Waals surface area contributed by atoms with Crippen LogP contribution in [0.1, 0.15) is 32.6 Å². The molecule has 1 unspecified atom stereocenters. The highest BCUT2D eigenvalue weighted by Gasteiger charge is 2.30. The number of methoxy groups -OCH3 is 1. The molecule has 0 N–H and O–H groups in total. The van der Waals surface area contributed by atoms with Gasteiger partial charge in [-0.15, -0.1) is 0 Å². The first kappa shape index (κ1) is 14.6. The fraction of sp³-hybridized carbons (Fsp3) is 0.643. The van der Waals surface area contributed by atoms with Gasteiger partial charge in [0.1, 0.15) is 18.2 Å². The maximum atomic E-state index is 11.9. The van der Waals surface area contributed by atoms with Crippen LogP contribution in [0.25, 0.3) is 0 Å². The number of anilines is 1. The van der Waals surface area contributed by atoms with Crippen LogP contribution in [0.2, 0.25) is 0 Å². The number of carbonyl (C=O) groups is 1. The fourth-order valence-corrected chi connectivity index (χ4v) is 2.36. The number of carbonyl (C=O) groups excluding carboxylic acids is 1. The molecule has 0 bridgehead atoms. The molecule has 1 saturated heterocycles. The van der Waals surface area contributed by atoms with Crippen LogP contribution in [-0.2, 0) is 9.53 Å². The second-order valence-corrected chi connectivity index (χ2v) is 4.79. The molecule has 2 heterocycles. The number of esters is 1. The lowest BCUT2D eigenvalue weighted by Gasteiger charge is -2.34. The van der Waals surface area contributed by atoms with Crippen LogP contribution >= 0.6 is 0 Å². The molecule has 0 radical (unpaired) electrons. The van der Waals surface area contributed by atoms with Crippen molar-refractivity contribution in [3.63, 3.8) is 0 Å². The van der Waals surface area contributed by atoms with E-state index < -0.39 is 0 Å². The Morgan fingerprint density at radius 2 is 2.30 bits per heavy atom. The van der Waals surface area contributed by atoms with Crippen molar-refractivity contribution in [2.45, 2.75) is 38.6 Å². The summed E-state index contributed by atoms with van der Waals surface area (Å²) in [5.41, 5.74) is 0. The Balaban J connectivity index is 2.16. The SMILES string of the molecule is CCCOc1cc(N2CCCCC2C(=O)OC)ncn1. The Morgan fingerprint density at radius 3 is 3.05 bits per heavy atom. The molecule has 0 aliphatic carbocycles. The van der Waals surface area contributed by atoms with E-state index in [1.807, 2.05) is 11.8 Å². The Hall–Kier alpha value is -1.85. The average molecular weight is 279 g/mol. The van der Waals surface area contributed by atoms with E-state index in [2.05, 4.69) is 9.97 Å². The fourth-order valence-electron chi connectivity index (χ4n) is 2.36. The van der Waals surface area contributed by atoms with Gasteiger partial charge >= 0.3 is 5.97 Å². The molecule has 1 aliphatic heterocycles. The van der Waals surface area contributed by atoms with Gasteiger partial charge in [0.2, 0.25) is 5.88 Å². The van der Waals surface area contributed by atoms with Gasteiger partial charge in [-0.05, 0) is 25.7 Å². The summed E-state index contributed by atoms with van der Waals surface area (Å²) in [4.78, 5) is 22.2. The number of hydrogen-bond donors (Lipinski definition) is 0. The summed E-state index contributed by atoms with van der Waals surface area (Å²) in [5.74, 6) is 1.06. The van der Waals surface area contributed by atoms with Crippen LogP contribution in [0.5, 0.6) is 5.88 Å². The highest BCUT2D eigenvalue weighted by atomic mass is 16.5. The Morgan fingerprint density at radius 1 is 1.45 bits per heavy atom. The van der Waals surface area contributed by atoms with E-state index in [0.29, 0.717) is 12.5 Å². The predicted molar refractivity (Wildman–Crippen MR) is 74.8 cm³/mol. The van der Waals surface area contributed by atoms with Gasteiger partial charge < -0.3 is 14.4 Å². The van der Waals surface area contributed by atoms with Crippen LogP contribution in [0.4, 0.5) is 5.82 Å². The number of ether oxygens (including phenoxy) is 2. The monoisotopic (exact) mass is 279 g/mol. The third kappa shape index (κ3) is 3.37. The van der Waals surface area contributed by atoms with Gasteiger partial charge in [0.05, 0.1) is 13.7 Å². The van der Waals surface area contributed by atoms with Gasteiger partial charge in [-0.1, -0.05) is 6.92 Å². The predicted octanol–water partition coefficient (Wildman–Crippen LogP) is 1.80. The van der Waals surface area contributed by atoms with Crippen molar-refractivity contribution in [3.05, 3.63) is 12.4 Å². The molecule has 0 amide bonds. The minimum absolute atomic E-state index is 0.209. The van der Waals surface area contributed by atoms with E-state index in [4.69, 9.17) is 9.47 Å². The van der Waals surface area contributed by atoms with Crippen molar-refractivity contribution < 1.29 is 14.3 Å². The smallest absolute Gasteiger partial charge is 0.328 e. The van der Waals surface area contributed by atoms with Gasteiger partial charge in [-0.2, -0.15) is 0 Å². The molecule has 1 atom stereocenters. The number of rotatable bonds is 5. The minimum Gasteiger partial charge on any atom is -0.478 e. The normalized spacial score (nSPS) is 18.7. The molecule has 2 rings (SSSR count). The zero-order valence-corrected chi connectivity index (χ0v) is 12.0. The number of hydrogen-bond acceptors (Lipinski definition) is 6. The van der Waals surface area contributed by atoms with E-state index in [0.717, 1.165) is 38.0 Å². The second-order valence-electron chi connectivity index (χ2n) is 4.79. The Bertz CT molecular complexity index is 453. The first-order valence-corrected chi connectivity index (χ1v) is 7.05. The lowest BCUT2D eigenvalue weighted by Crippen LogP contribution is -2.45. The molecule has 0 saturated carbocycles. The maximum Gasteiger partial charge on any atom is 0.328 e. The van der Waals surface area contributed by atoms with Crippen LogP contribution in [0, 0.1) is 0 Å². The summed E-state index contributed by atoms with van der Waals surface area (Å²) in [5, 5.41) is 0. The Labute approximate surface area is 119 Å².